The van der Waals surface area contributed by atoms with Gasteiger partial charge in [0.1, 0.15) is 11.8 Å². The molecule has 4 N–H and O–H groups in total. The van der Waals surface area contributed by atoms with Crippen LogP contribution in [-0.2, 0) is 34.2 Å². The van der Waals surface area contributed by atoms with Gasteiger partial charge in [0.05, 0.1) is 31.4 Å². The number of carbonyl (C=O) groups is 3. The molecule has 246 valence electrons. The van der Waals surface area contributed by atoms with Gasteiger partial charge in [-0.2, -0.15) is 0 Å². The molecular formula is C32H46N3O8P2+. The van der Waals surface area contributed by atoms with Crippen LogP contribution in [0.15, 0.2) is 42.5 Å². The Bertz CT molecular complexity index is 1370. The third kappa shape index (κ3) is 11.3. The average molecular weight is 663 g/mol. The predicted molar refractivity (Wildman–Crippen MR) is 174 cm³/mol. The number of primary amides is 1. The van der Waals surface area contributed by atoms with Crippen molar-refractivity contribution in [3.8, 4) is 5.75 Å². The molecule has 45 heavy (non-hydrogen) atoms. The molecule has 0 radical (unpaired) electrons. The van der Waals surface area contributed by atoms with E-state index in [1.807, 2.05) is 0 Å². The Morgan fingerprint density at radius 2 is 1.64 bits per heavy atom. The van der Waals surface area contributed by atoms with E-state index in [4.69, 9.17) is 19.5 Å². The molecular weight excluding hydrogens is 616 g/mol. The van der Waals surface area contributed by atoms with Crippen molar-refractivity contribution >= 4 is 38.4 Å². The van der Waals surface area contributed by atoms with Crippen LogP contribution in [0.2, 0.25) is 0 Å². The Morgan fingerprint density at radius 3 is 2.22 bits per heavy atom. The fraction of sp³-hybridized carbons (Fsp3) is 0.531. The minimum atomic E-state index is -3.48. The van der Waals surface area contributed by atoms with Crippen molar-refractivity contribution in [3.05, 3.63) is 59.2 Å². The number of carbonyl (C=O) groups excluding carboxylic acids is 3. The van der Waals surface area contributed by atoms with Gasteiger partial charge in [-0.3, -0.25) is 18.9 Å². The number of ether oxygens (including phenoxy) is 1. The van der Waals surface area contributed by atoms with Gasteiger partial charge < -0.3 is 30.2 Å². The van der Waals surface area contributed by atoms with Crippen molar-refractivity contribution in [3.63, 3.8) is 0 Å². The standard InChI is InChI=1S/C32H45N3O8P2/c1-5-42-45(40,43-6-2)21-44(39)27-15-12-24(13-16-27)18-29(35-23(4)36)32(38)34-22(3)26-14-17-30(28(19-26)31(33)37)41-20-25-10-8-7-9-11-25/h12-17,19,22,25,29H,5-11,18,20-21H2,1-4H3,(H3-,33,34,35,36,37,38)/p+1. The zero-order valence-electron chi connectivity index (χ0n) is 26.6. The van der Waals surface area contributed by atoms with Gasteiger partial charge in [0.15, 0.2) is 5.30 Å². The lowest BCUT2D eigenvalue weighted by atomic mass is 9.90. The number of rotatable bonds is 17. The van der Waals surface area contributed by atoms with Crippen LogP contribution < -0.4 is 26.4 Å². The number of nitrogens with two attached hydrogens (primary N) is 1. The van der Waals surface area contributed by atoms with Crippen molar-refractivity contribution < 1.29 is 37.3 Å². The lowest BCUT2D eigenvalue weighted by molar-refractivity contribution is -0.128. The van der Waals surface area contributed by atoms with E-state index in [-0.39, 0.29) is 37.0 Å². The summed E-state index contributed by atoms with van der Waals surface area (Å²) in [5, 5.41) is 6.08. The van der Waals surface area contributed by atoms with Crippen LogP contribution in [0.4, 0.5) is 0 Å². The van der Waals surface area contributed by atoms with E-state index < -0.39 is 39.3 Å². The lowest BCUT2D eigenvalue weighted by Crippen LogP contribution is -2.48. The van der Waals surface area contributed by atoms with Gasteiger partial charge in [0, 0.05) is 13.3 Å². The van der Waals surface area contributed by atoms with Crippen LogP contribution >= 0.6 is 15.4 Å². The normalized spacial score (nSPS) is 15.5. The molecule has 2 aromatic rings. The molecule has 0 spiro atoms. The predicted octanol–water partition coefficient (Wildman–Crippen LogP) is 5.35. The Hall–Kier alpha value is -3.10. The van der Waals surface area contributed by atoms with Gasteiger partial charge in [-0.05, 0) is 74.9 Å². The maximum atomic E-state index is 13.3. The van der Waals surface area contributed by atoms with Crippen molar-refractivity contribution in [2.24, 2.45) is 11.7 Å². The highest BCUT2D eigenvalue weighted by atomic mass is 31.2. The summed E-state index contributed by atoms with van der Waals surface area (Å²) in [6.45, 7) is 7.38. The summed E-state index contributed by atoms with van der Waals surface area (Å²) in [6.07, 6.45) is 6.01. The third-order valence-electron chi connectivity index (χ3n) is 7.64. The van der Waals surface area contributed by atoms with Crippen molar-refractivity contribution in [1.29, 1.82) is 0 Å². The third-order valence-corrected chi connectivity index (χ3v) is 12.2. The maximum Gasteiger partial charge on any atom is 0.389 e. The minimum Gasteiger partial charge on any atom is -0.492 e. The summed E-state index contributed by atoms with van der Waals surface area (Å²) in [6, 6.07) is 10.4. The molecule has 2 aromatic carbocycles. The van der Waals surface area contributed by atoms with Gasteiger partial charge in [0.2, 0.25) is 11.8 Å². The fourth-order valence-electron chi connectivity index (χ4n) is 5.33. The van der Waals surface area contributed by atoms with Crippen molar-refractivity contribution in [2.75, 3.05) is 25.7 Å². The molecule has 3 rings (SSSR count). The van der Waals surface area contributed by atoms with E-state index >= 15 is 0 Å². The zero-order chi connectivity index (χ0) is 33.0. The average Bonchev–Trinajstić information content (AvgIpc) is 3.00. The van der Waals surface area contributed by atoms with E-state index in [0.717, 1.165) is 18.4 Å². The van der Waals surface area contributed by atoms with Crippen LogP contribution in [0.1, 0.15) is 87.3 Å². The van der Waals surface area contributed by atoms with Gasteiger partial charge in [-0.15, -0.1) is 0 Å². The molecule has 1 aliphatic carbocycles. The Labute approximate surface area is 266 Å². The van der Waals surface area contributed by atoms with Gasteiger partial charge in [0.25, 0.3) is 11.8 Å². The lowest BCUT2D eigenvalue weighted by Gasteiger charge is -2.23. The topological polar surface area (TPSA) is 163 Å². The molecule has 0 aromatic heterocycles. The number of hydrogen-bond acceptors (Lipinski definition) is 8. The fourth-order valence-corrected chi connectivity index (χ4v) is 9.24. The first-order chi connectivity index (χ1) is 21.4. The summed E-state index contributed by atoms with van der Waals surface area (Å²) in [7, 11) is -5.54. The van der Waals surface area contributed by atoms with Crippen LogP contribution in [-0.4, -0.2) is 49.5 Å². The monoisotopic (exact) mass is 662 g/mol. The van der Waals surface area contributed by atoms with Gasteiger partial charge >= 0.3 is 15.4 Å². The summed E-state index contributed by atoms with van der Waals surface area (Å²) in [4.78, 5) is 37.6. The largest absolute Gasteiger partial charge is 0.492 e. The number of hydrogen-bond donors (Lipinski definition) is 3. The van der Waals surface area contributed by atoms with E-state index in [9.17, 15) is 23.5 Å². The van der Waals surface area contributed by atoms with E-state index in [0.29, 0.717) is 29.1 Å². The van der Waals surface area contributed by atoms with Crippen LogP contribution in [0, 0.1) is 5.92 Å². The molecule has 0 saturated heterocycles. The molecule has 11 nitrogen and oxygen atoms in total. The first-order valence-electron chi connectivity index (χ1n) is 15.5. The molecule has 1 fully saturated rings. The Balaban J connectivity index is 1.67. The van der Waals surface area contributed by atoms with Crippen molar-refractivity contribution in [2.45, 2.75) is 78.3 Å². The molecule has 13 heteroatoms. The van der Waals surface area contributed by atoms with Crippen LogP contribution in [0.25, 0.3) is 0 Å². The molecule has 3 unspecified atom stereocenters. The number of nitrogens with one attached hydrogen (secondary N) is 2. The Morgan fingerprint density at radius 1 is 1.00 bits per heavy atom. The number of benzene rings is 2. The Kier molecular flexibility index (Phi) is 14.2. The summed E-state index contributed by atoms with van der Waals surface area (Å²) in [5.41, 5.74) is 7.30. The molecule has 3 atom stereocenters. The quantitative estimate of drug-likeness (QED) is 0.191. The molecule has 0 bridgehead atoms. The molecule has 0 heterocycles. The second kappa shape index (κ2) is 17.6. The molecule has 3 amide bonds. The summed E-state index contributed by atoms with van der Waals surface area (Å²) >= 11 is 0. The second-order valence-corrected chi connectivity index (χ2v) is 15.4. The first-order valence-corrected chi connectivity index (χ1v) is 18.7. The first kappa shape index (κ1) is 36.4. The molecule has 1 aliphatic rings. The summed E-state index contributed by atoms with van der Waals surface area (Å²) < 4.78 is 42.2. The van der Waals surface area contributed by atoms with E-state index in [1.165, 1.54) is 26.2 Å². The second-order valence-electron chi connectivity index (χ2n) is 11.3. The highest BCUT2D eigenvalue weighted by molar-refractivity contribution is 7.70. The van der Waals surface area contributed by atoms with Gasteiger partial charge in [-0.1, -0.05) is 42.0 Å². The van der Waals surface area contributed by atoms with Crippen LogP contribution in [0.3, 0.4) is 0 Å². The molecule has 1 saturated carbocycles. The highest BCUT2D eigenvalue weighted by Gasteiger charge is 2.37. The zero-order valence-corrected chi connectivity index (χ0v) is 28.4. The maximum absolute atomic E-state index is 13.3. The smallest absolute Gasteiger partial charge is 0.389 e. The molecule has 0 aliphatic heterocycles. The minimum absolute atomic E-state index is 0.173. The summed E-state index contributed by atoms with van der Waals surface area (Å²) in [5.74, 6) is -0.754. The SMILES string of the molecule is CCOP(=O)(C[P+](=O)c1ccc(CC(NC(C)=O)C(=O)NC(C)c2ccc(OCC3CCCCC3)c(C(N)=O)c2)cc1)OCC. The van der Waals surface area contributed by atoms with Crippen LogP contribution in [0.5, 0.6) is 5.75 Å². The van der Waals surface area contributed by atoms with E-state index in [2.05, 4.69) is 10.6 Å². The highest BCUT2D eigenvalue weighted by Crippen LogP contribution is 2.54. The van der Waals surface area contributed by atoms with Crippen molar-refractivity contribution in [1.82, 2.24) is 10.6 Å². The van der Waals surface area contributed by atoms with Gasteiger partial charge in [-0.25, -0.2) is 0 Å². The number of amides is 3. The van der Waals surface area contributed by atoms with E-state index in [1.54, 1.807) is 63.2 Å².